The van der Waals surface area contributed by atoms with Crippen LogP contribution in [0.1, 0.15) is 83.8 Å². The van der Waals surface area contributed by atoms with Crippen LogP contribution in [0.15, 0.2) is 45.7 Å². The van der Waals surface area contributed by atoms with Gasteiger partial charge in [-0.25, -0.2) is 4.79 Å². The maximum atomic E-state index is 12.8. The van der Waals surface area contributed by atoms with Crippen molar-refractivity contribution in [3.63, 3.8) is 0 Å². The molecular weight excluding hydrogens is 482 g/mol. The predicted octanol–water partition coefficient (Wildman–Crippen LogP) is 2.62. The first-order chi connectivity index (χ1) is 18.6. The molecule has 1 aromatic heterocycles. The minimum absolute atomic E-state index is 0.0749. The molecule has 9 nitrogen and oxygen atoms in total. The van der Waals surface area contributed by atoms with Crippen molar-refractivity contribution in [1.82, 2.24) is 20.4 Å². The van der Waals surface area contributed by atoms with Crippen molar-refractivity contribution in [2.24, 2.45) is 5.73 Å². The van der Waals surface area contributed by atoms with Crippen LogP contribution in [0.3, 0.4) is 0 Å². The van der Waals surface area contributed by atoms with Gasteiger partial charge in [-0.3, -0.25) is 9.59 Å². The summed E-state index contributed by atoms with van der Waals surface area (Å²) in [6.45, 7) is 1.26. The van der Waals surface area contributed by atoms with Crippen LogP contribution in [0.5, 0.6) is 0 Å². The Kier molecular flexibility index (Phi) is 7.74. The van der Waals surface area contributed by atoms with Crippen molar-refractivity contribution in [1.29, 1.82) is 0 Å². The van der Waals surface area contributed by atoms with E-state index in [1.54, 1.807) is 4.74 Å². The number of hydrogen-bond acceptors (Lipinski definition) is 6. The summed E-state index contributed by atoms with van der Waals surface area (Å²) in [5, 5.41) is 5.51. The number of benzene rings is 2. The van der Waals surface area contributed by atoms with Crippen LogP contribution in [0.4, 0.5) is 0 Å². The van der Waals surface area contributed by atoms with Gasteiger partial charge in [0, 0.05) is 13.1 Å². The minimum Gasteiger partial charge on any atom is -0.355 e. The summed E-state index contributed by atoms with van der Waals surface area (Å²) >= 11 is 0. The molecule has 38 heavy (non-hydrogen) atoms. The van der Waals surface area contributed by atoms with Crippen LogP contribution in [0.25, 0.3) is 0 Å². The van der Waals surface area contributed by atoms with Gasteiger partial charge in [-0.1, -0.05) is 55.7 Å². The summed E-state index contributed by atoms with van der Waals surface area (Å²) in [5.74, 6) is 0.0229. The number of rotatable bonds is 10. The molecule has 1 saturated carbocycles. The van der Waals surface area contributed by atoms with Gasteiger partial charge >= 0.3 is 5.76 Å². The molecule has 0 unspecified atom stereocenters. The summed E-state index contributed by atoms with van der Waals surface area (Å²) in [7, 11) is 0. The zero-order valence-corrected chi connectivity index (χ0v) is 21.6. The molecule has 200 valence electrons. The summed E-state index contributed by atoms with van der Waals surface area (Å²) < 4.78 is 7.61. The van der Waals surface area contributed by atoms with E-state index < -0.39 is 11.2 Å². The van der Waals surface area contributed by atoms with Crippen LogP contribution >= 0.6 is 0 Å². The normalized spacial score (nSPS) is 16.7. The Hall–Kier alpha value is -3.72. The highest BCUT2D eigenvalue weighted by molar-refractivity contribution is 5.56. The van der Waals surface area contributed by atoms with Crippen LogP contribution < -0.4 is 22.1 Å². The number of fused-ring (bicyclic) bond motifs is 2. The Bertz CT molecular complexity index is 1290. The number of nitrogens with two attached hydrogens (primary N) is 1. The SMILES string of the molecule is NCCC1(c2nc(=O)on2C2CCCCC2)c2ccc(CNC=O)cc2CCc2cc(CNC=O)ccc21. The molecule has 1 fully saturated rings. The Labute approximate surface area is 221 Å². The van der Waals surface area contributed by atoms with Gasteiger partial charge in [0.25, 0.3) is 0 Å². The smallest absolute Gasteiger partial charge is 0.355 e. The zero-order valence-electron chi connectivity index (χ0n) is 21.6. The van der Waals surface area contributed by atoms with E-state index in [9.17, 15) is 14.4 Å². The molecule has 9 heteroatoms. The summed E-state index contributed by atoms with van der Waals surface area (Å²) in [5.41, 5.74) is 12.0. The highest BCUT2D eigenvalue weighted by Crippen LogP contribution is 2.47. The van der Waals surface area contributed by atoms with Gasteiger partial charge < -0.3 is 20.9 Å². The quantitative estimate of drug-likeness (QED) is 0.354. The lowest BCUT2D eigenvalue weighted by Gasteiger charge is -2.37. The van der Waals surface area contributed by atoms with E-state index in [4.69, 9.17) is 10.3 Å². The third-order valence-electron chi connectivity index (χ3n) is 8.09. The number of carbonyl (C=O) groups excluding carboxylic acids is 2. The molecule has 0 spiro atoms. The third kappa shape index (κ3) is 4.78. The van der Waals surface area contributed by atoms with E-state index in [1.165, 1.54) is 6.42 Å². The Balaban J connectivity index is 1.76. The molecule has 2 aromatic carbocycles. The van der Waals surface area contributed by atoms with E-state index in [0.717, 1.165) is 71.9 Å². The first-order valence-electron chi connectivity index (χ1n) is 13.5. The molecule has 0 bridgehead atoms. The van der Waals surface area contributed by atoms with Gasteiger partial charge in [-0.15, -0.1) is 0 Å². The van der Waals surface area contributed by atoms with E-state index in [1.807, 2.05) is 12.1 Å². The topological polar surface area (TPSA) is 132 Å². The fourth-order valence-corrected chi connectivity index (χ4v) is 6.46. The van der Waals surface area contributed by atoms with Crippen molar-refractivity contribution < 1.29 is 14.1 Å². The van der Waals surface area contributed by atoms with E-state index in [2.05, 4.69) is 39.9 Å². The first-order valence-corrected chi connectivity index (χ1v) is 13.5. The second-order valence-electron chi connectivity index (χ2n) is 10.3. The lowest BCUT2D eigenvalue weighted by Crippen LogP contribution is -2.37. The maximum absolute atomic E-state index is 12.8. The molecule has 4 N–H and O–H groups in total. The van der Waals surface area contributed by atoms with Crippen LogP contribution in [0.2, 0.25) is 0 Å². The minimum atomic E-state index is -0.785. The number of nitrogens with one attached hydrogen (secondary N) is 2. The summed E-state index contributed by atoms with van der Waals surface area (Å²) in [6, 6.07) is 12.6. The first kappa shape index (κ1) is 25.9. The van der Waals surface area contributed by atoms with Crippen LogP contribution in [0, 0.1) is 0 Å². The number of hydrogen-bond donors (Lipinski definition) is 3. The number of nitrogens with zero attached hydrogens (tertiary/aromatic N) is 2. The van der Waals surface area contributed by atoms with E-state index >= 15 is 0 Å². The number of aromatic nitrogens is 2. The second kappa shape index (κ2) is 11.3. The number of carbonyl (C=O) groups is 2. The standard InChI is InChI=1S/C29H35N5O4/c30-13-12-29(27-33-28(37)38-34(27)24-4-2-1-3-5-24)25-10-6-20(16-31-18-35)14-22(25)8-9-23-15-21(17-32-19-36)7-11-26(23)29/h6-7,10-11,14-15,18-19,24H,1-5,8-9,12-13,16-17,30H2,(H,31,35)(H,32,36). The molecule has 2 amide bonds. The number of aryl methyl sites for hydroxylation is 2. The fraction of sp³-hybridized carbons (Fsp3) is 0.448. The Morgan fingerprint density at radius 3 is 2.05 bits per heavy atom. The highest BCUT2D eigenvalue weighted by Gasteiger charge is 2.46. The highest BCUT2D eigenvalue weighted by atomic mass is 16.5. The Morgan fingerprint density at radius 2 is 1.53 bits per heavy atom. The summed E-state index contributed by atoms with van der Waals surface area (Å²) in [6.07, 6.45) is 8.74. The molecule has 0 aliphatic heterocycles. The summed E-state index contributed by atoms with van der Waals surface area (Å²) in [4.78, 5) is 39.2. The van der Waals surface area contributed by atoms with Crippen LogP contribution in [-0.2, 0) is 40.9 Å². The molecule has 5 rings (SSSR count). The molecule has 0 atom stereocenters. The van der Waals surface area contributed by atoms with Crippen molar-refractivity contribution in [3.05, 3.63) is 86.2 Å². The molecule has 2 aliphatic rings. The van der Waals surface area contributed by atoms with Crippen molar-refractivity contribution >= 4 is 12.8 Å². The zero-order chi connectivity index (χ0) is 26.5. The number of amides is 2. The Morgan fingerprint density at radius 1 is 0.947 bits per heavy atom. The average Bonchev–Trinajstić information content (AvgIpc) is 3.29. The van der Waals surface area contributed by atoms with E-state index in [0.29, 0.717) is 44.7 Å². The van der Waals surface area contributed by atoms with Crippen LogP contribution in [-0.4, -0.2) is 29.1 Å². The molecular formula is C29H35N5O4. The lowest BCUT2D eigenvalue weighted by atomic mass is 9.69. The maximum Gasteiger partial charge on any atom is 0.459 e. The molecule has 1 heterocycles. The molecule has 2 aliphatic carbocycles. The third-order valence-corrected chi connectivity index (χ3v) is 8.09. The largest absolute Gasteiger partial charge is 0.459 e. The monoisotopic (exact) mass is 517 g/mol. The molecule has 0 saturated heterocycles. The van der Waals surface area contributed by atoms with Crippen molar-refractivity contribution in [3.8, 4) is 0 Å². The van der Waals surface area contributed by atoms with Gasteiger partial charge in [-0.2, -0.15) is 9.72 Å². The molecule has 0 radical (unpaired) electrons. The average molecular weight is 518 g/mol. The second-order valence-corrected chi connectivity index (χ2v) is 10.3. The predicted molar refractivity (Wildman–Crippen MR) is 143 cm³/mol. The van der Waals surface area contributed by atoms with Crippen molar-refractivity contribution in [2.45, 2.75) is 75.9 Å². The van der Waals surface area contributed by atoms with Gasteiger partial charge in [0.1, 0.15) is 0 Å². The lowest BCUT2D eigenvalue weighted by molar-refractivity contribution is -0.110. The van der Waals surface area contributed by atoms with Gasteiger partial charge in [0.05, 0.1) is 11.5 Å². The van der Waals surface area contributed by atoms with E-state index in [-0.39, 0.29) is 6.04 Å². The fourth-order valence-electron chi connectivity index (χ4n) is 6.46. The van der Waals surface area contributed by atoms with Gasteiger partial charge in [0.2, 0.25) is 12.8 Å². The molecule has 3 aromatic rings. The van der Waals surface area contributed by atoms with Gasteiger partial charge in [-0.05, 0) is 72.0 Å². The van der Waals surface area contributed by atoms with Crippen molar-refractivity contribution in [2.75, 3.05) is 6.54 Å². The van der Waals surface area contributed by atoms with Gasteiger partial charge in [0.15, 0.2) is 5.82 Å².